The minimum absolute atomic E-state index is 0. The maximum atomic E-state index is 12.4. The molecule has 5 aromatic carbocycles. The van der Waals surface area contributed by atoms with E-state index in [-0.39, 0.29) is 72.4 Å². The number of nitrogens with zero attached hydrogens (tertiary/aromatic N) is 15. The fraction of sp³-hybridized carbons (Fsp3) is 0.129. The average molecular weight is 1810 g/mol. The molecule has 134 heavy (non-hydrogen) atoms. The molecule has 0 atom stereocenters. The van der Waals surface area contributed by atoms with Crippen LogP contribution in [0.5, 0.6) is 11.8 Å². The number of hydrogen-bond acceptors (Lipinski definition) is 26. The summed E-state index contributed by atoms with van der Waals surface area (Å²) >= 11 is 0. The maximum Gasteiger partial charge on any atom is 0.382 e. The number of aromatic amines is 6. The van der Waals surface area contributed by atoms with Crippen LogP contribution in [0.4, 0.5) is 0 Å². The Morgan fingerprint density at radius 1 is 0.425 bits per heavy atom. The number of benzene rings is 5. The van der Waals surface area contributed by atoms with Crippen molar-refractivity contribution < 1.29 is 72.3 Å². The van der Waals surface area contributed by atoms with Crippen molar-refractivity contribution in [2.24, 2.45) is 5.73 Å². The number of aromatic nitrogens is 21. The van der Waals surface area contributed by atoms with E-state index in [0.717, 1.165) is 78.0 Å². The Kier molecular flexibility index (Phi) is 26.8. The van der Waals surface area contributed by atoms with Crippen LogP contribution in [0, 0.1) is 0 Å². The van der Waals surface area contributed by atoms with Gasteiger partial charge in [0.2, 0.25) is 17.7 Å². The summed E-state index contributed by atoms with van der Waals surface area (Å²) < 4.78 is 34.1. The number of imide groups is 2. The van der Waals surface area contributed by atoms with E-state index in [1.54, 1.807) is 132 Å². The molecule has 0 saturated heterocycles. The van der Waals surface area contributed by atoms with Crippen molar-refractivity contribution >= 4 is 179 Å². The van der Waals surface area contributed by atoms with E-state index in [0.29, 0.717) is 104 Å². The summed E-state index contributed by atoms with van der Waals surface area (Å²) in [6.45, 7) is 2.84. The predicted molar refractivity (Wildman–Crippen MR) is 494 cm³/mol. The highest BCUT2D eigenvalue weighted by molar-refractivity contribution is 6.50. The van der Waals surface area contributed by atoms with Crippen LogP contribution in [-0.4, -0.2) is 195 Å². The molecule has 0 fully saturated rings. The lowest BCUT2D eigenvalue weighted by atomic mass is 10.0. The molecule has 12 N–H and O–H groups in total. The van der Waals surface area contributed by atoms with E-state index in [2.05, 4.69) is 90.1 Å². The molecular weight excluding hydrogens is 1730 g/mol. The van der Waals surface area contributed by atoms with E-state index in [1.165, 1.54) is 24.8 Å². The quantitative estimate of drug-likeness (QED) is 0.0175. The third-order valence-electron chi connectivity index (χ3n) is 21.1. The number of esters is 1. The van der Waals surface area contributed by atoms with Crippen LogP contribution in [0.25, 0.3) is 132 Å². The molecule has 0 unspecified atom stereocenters. The van der Waals surface area contributed by atoms with Crippen LogP contribution in [0.1, 0.15) is 63.9 Å². The van der Waals surface area contributed by atoms with Gasteiger partial charge < -0.3 is 77.8 Å². The van der Waals surface area contributed by atoms with Crippen LogP contribution in [0.3, 0.4) is 0 Å². The molecule has 21 aromatic rings. The number of carbonyl (C=O) groups excluding carboxylic acids is 8. The number of rotatable bonds is 17. The minimum atomic E-state index is -0.937. The number of para-hydroxylation sites is 5. The smallest absolute Gasteiger partial charge is 0.382 e. The van der Waals surface area contributed by atoms with Crippen LogP contribution < -0.4 is 27.5 Å². The molecule has 0 spiro atoms. The Morgan fingerprint density at radius 2 is 0.866 bits per heavy atom. The van der Waals surface area contributed by atoms with Crippen LogP contribution in [-0.2, 0) is 85.8 Å². The summed E-state index contributed by atoms with van der Waals surface area (Å²) in [5, 5.41) is 32.7. The normalized spacial score (nSPS) is 12.3. The number of pyridine rings is 2. The highest BCUT2D eigenvalue weighted by Gasteiger charge is 2.37. The summed E-state index contributed by atoms with van der Waals surface area (Å²) in [6.07, 6.45) is 30.4. The van der Waals surface area contributed by atoms with Gasteiger partial charge in [-0.05, 0) is 35.9 Å². The first kappa shape index (κ1) is 90.7. The average Bonchev–Trinajstić information content (AvgIpc) is 1.56. The van der Waals surface area contributed by atoms with Crippen molar-refractivity contribution in [3.63, 3.8) is 0 Å². The van der Waals surface area contributed by atoms with Gasteiger partial charge in [-0.1, -0.05) is 98.4 Å². The molecule has 2 aliphatic heterocycles. The lowest BCUT2D eigenvalue weighted by Crippen LogP contribution is -2.23. The summed E-state index contributed by atoms with van der Waals surface area (Å²) in [4.78, 5) is 172. The Labute approximate surface area is 754 Å². The lowest BCUT2D eigenvalue weighted by Gasteiger charge is -2.07. The zero-order chi connectivity index (χ0) is 93.3. The topological polar surface area (TPSA) is 547 Å². The second-order valence-corrected chi connectivity index (χ2v) is 29.3. The number of ether oxygens (including phenoxy) is 5. The van der Waals surface area contributed by atoms with Gasteiger partial charge in [-0.25, -0.2) is 49.7 Å². The number of amides is 5. The first-order valence-corrected chi connectivity index (χ1v) is 40.3. The Hall–Kier alpha value is -18.1. The van der Waals surface area contributed by atoms with Gasteiger partial charge in [0.15, 0.2) is 28.7 Å². The molecule has 18 heterocycles. The van der Waals surface area contributed by atoms with Gasteiger partial charge >= 0.3 is 11.8 Å². The van der Waals surface area contributed by atoms with Crippen LogP contribution in [0.2, 0.25) is 0 Å². The van der Waals surface area contributed by atoms with Gasteiger partial charge in [-0.15, -0.1) is 0 Å². The van der Waals surface area contributed by atoms with Gasteiger partial charge in [0.05, 0.1) is 74.7 Å². The number of imidazole rings is 7. The minimum Gasteiger partial charge on any atom is -0.494 e. The van der Waals surface area contributed by atoms with Crippen molar-refractivity contribution in [2.45, 2.75) is 47.7 Å². The molecule has 23 rings (SSSR count). The molecule has 0 bridgehead atoms. The first-order valence-electron chi connectivity index (χ1n) is 40.3. The number of Topliss-reactive ketones (excluding diaryl/α,β-unsaturated/α-hetero) is 2. The number of ketones is 2. The van der Waals surface area contributed by atoms with Crippen molar-refractivity contribution in [1.29, 1.82) is 0 Å². The fourth-order valence-electron chi connectivity index (χ4n) is 15.5. The standard InChI is InChI=1S/C17H14N4O3.2C15H8N4O2.C15H10N4O2.C10H10N2O.C8H10N2O4.C7H10N2O2.C5H8N2O.CH4/c1-24-9-21-7-6-18-15(21)14-13(16(22)20-17(14)23)11-8-19-12-5-3-2-4-10(11)12;2*20-14-10-9-7-3-1-2-4-8(7)17-13(9)19-6-5-16-12(19)11(10)15(21)18-14;20-14-11(9-7-18-10-4-2-1-3-8(9)10)12(15(21)19-14)13-16-5-6-17-13;11-10(13)5-7-6-12-9-4-2-1-3-8(7)9;1-13-5-10-4-3-9-7(10)6(11)8(12)14-2;1-6(10)7-8-3-4-9(7)5-11-2;1-8-5-7-3-2-6-4-7;/h2-8,19H,9H2,1H3,(H,20,22,23);2*1-6,21H,(H,18,20);1-7,18H,(H,16,17)(H,19,20,21);1-4,6,12H,5H2,(H2,11,13);3-4H,5H2,1-2H3;3-4H,5H2,1-2H3;2-4H,5H2,1H3;1H4. The third-order valence-corrected chi connectivity index (χ3v) is 21.1. The molecule has 676 valence electrons. The largest absolute Gasteiger partial charge is 0.494 e. The zero-order valence-electron chi connectivity index (χ0n) is 71.3. The maximum absolute atomic E-state index is 12.4. The SMILES string of the molecule is C.COCn1ccnc1.COCn1ccnc1C(=O)C(=O)OC.COCn1ccnc1C(C)=O.COCn1ccnc1C1=C(c2c[nH]c3ccccc23)C(=O)NC1=O.NC(=O)Cc1c[nH]c2ccccc12.O=C1NC(=O)C(c2c[nH]c3ccccc23)=C1c1ncc[nH]1.O=c1[nH]c(O)c2c1c1c3ccccc3nc1n1ccnc21.O=c1[nH]c(O)c2c1c1c3ccccc3nc1n1ccnc21. The number of H-pyrrole nitrogens is 6. The number of primary amides is 1. The number of nitrogens with two attached hydrogens (primary N) is 1. The third kappa shape index (κ3) is 17.8. The molecule has 5 amide bonds. The zero-order valence-corrected chi connectivity index (χ0v) is 71.3. The summed E-state index contributed by atoms with van der Waals surface area (Å²) in [7, 11) is 7.40. The van der Waals surface area contributed by atoms with E-state index in [1.807, 2.05) is 138 Å². The number of methoxy groups -OCH3 is 5. The molecule has 0 aliphatic carbocycles. The van der Waals surface area contributed by atoms with Gasteiger partial charge in [-0.2, -0.15) is 0 Å². The van der Waals surface area contributed by atoms with Gasteiger partial charge in [0.1, 0.15) is 49.9 Å². The van der Waals surface area contributed by atoms with Gasteiger partial charge in [0, 0.05) is 206 Å². The lowest BCUT2D eigenvalue weighted by molar-refractivity contribution is -0.135. The molecule has 16 aromatic heterocycles. The number of aromatic hydroxyl groups is 2. The van der Waals surface area contributed by atoms with E-state index >= 15 is 0 Å². The Morgan fingerprint density at radius 3 is 1.36 bits per heavy atom. The summed E-state index contributed by atoms with van der Waals surface area (Å²) in [5.74, 6) is -2.86. The summed E-state index contributed by atoms with van der Waals surface area (Å²) in [6, 6.07) is 38.4. The second-order valence-electron chi connectivity index (χ2n) is 29.3. The number of hydrogen-bond donors (Lipinski definition) is 11. The Balaban J connectivity index is 0.000000119. The molecule has 41 heteroatoms. The van der Waals surface area contributed by atoms with E-state index in [9.17, 15) is 58.2 Å². The highest BCUT2D eigenvalue weighted by Crippen LogP contribution is 2.40. The van der Waals surface area contributed by atoms with Crippen molar-refractivity contribution in [3.05, 3.63) is 294 Å². The van der Waals surface area contributed by atoms with Crippen molar-refractivity contribution in [1.82, 2.24) is 112 Å². The van der Waals surface area contributed by atoms with Gasteiger partial charge in [0.25, 0.3) is 34.7 Å². The van der Waals surface area contributed by atoms with Crippen molar-refractivity contribution in [3.8, 4) is 11.8 Å². The van der Waals surface area contributed by atoms with Crippen LogP contribution >= 0.6 is 0 Å². The molecule has 0 radical (unpaired) electrons. The van der Waals surface area contributed by atoms with Gasteiger partial charge in [-0.3, -0.25) is 72.6 Å². The number of nitrogens with one attached hydrogen (secondary N) is 8. The number of fused-ring (bicyclic) bond motifs is 19. The molecule has 2 aliphatic rings. The monoisotopic (exact) mass is 1810 g/mol. The Bertz CT molecular complexity index is 7980. The van der Waals surface area contributed by atoms with E-state index in [4.69, 9.17) is 24.7 Å². The predicted octanol–water partition coefficient (Wildman–Crippen LogP) is 9.89. The highest BCUT2D eigenvalue weighted by atomic mass is 16.5. The summed E-state index contributed by atoms with van der Waals surface area (Å²) in [5.41, 5.74) is 14.9. The number of carbonyl (C=O) groups is 8. The van der Waals surface area contributed by atoms with E-state index < -0.39 is 35.4 Å². The van der Waals surface area contributed by atoms with Crippen molar-refractivity contribution in [2.75, 3.05) is 35.5 Å². The molecule has 41 nitrogen and oxygen atoms in total. The molecular formula is C93H82N24O17. The fourth-order valence-corrected chi connectivity index (χ4v) is 15.5. The second kappa shape index (κ2) is 39.7. The molecule has 0 saturated carbocycles. The first-order chi connectivity index (χ1) is 64.6. The van der Waals surface area contributed by atoms with Crippen LogP contribution in [0.15, 0.2) is 243 Å².